The van der Waals surface area contributed by atoms with Crippen LogP contribution in [0.2, 0.25) is 10.0 Å². The summed E-state index contributed by atoms with van der Waals surface area (Å²) in [5, 5.41) is 3.89. The molecule has 172 valence electrons. The average Bonchev–Trinajstić information content (AvgIpc) is 3.22. The number of hydrogen-bond donors (Lipinski definition) is 1. The van der Waals surface area contributed by atoms with Crippen LogP contribution < -0.4 is 14.8 Å². The maximum atomic E-state index is 13.2. The van der Waals surface area contributed by atoms with Crippen molar-refractivity contribution in [3.63, 3.8) is 0 Å². The lowest BCUT2D eigenvalue weighted by Crippen LogP contribution is -2.48. The number of aryl methyl sites for hydroxylation is 1. The van der Waals surface area contributed by atoms with Crippen molar-refractivity contribution >= 4 is 35.0 Å². The molecule has 0 aliphatic carbocycles. The lowest BCUT2D eigenvalue weighted by molar-refractivity contribution is -0.140. The van der Waals surface area contributed by atoms with Gasteiger partial charge in [-0.25, -0.2) is 0 Å². The van der Waals surface area contributed by atoms with E-state index in [9.17, 15) is 9.59 Å². The van der Waals surface area contributed by atoms with Crippen molar-refractivity contribution in [2.45, 2.75) is 46.2 Å². The Balaban J connectivity index is 1.73. The molecule has 1 aliphatic rings. The van der Waals surface area contributed by atoms with Crippen molar-refractivity contribution in [3.8, 4) is 11.5 Å². The van der Waals surface area contributed by atoms with Gasteiger partial charge in [-0.15, -0.1) is 0 Å². The summed E-state index contributed by atoms with van der Waals surface area (Å²) in [6.45, 7) is 6.74. The van der Waals surface area contributed by atoms with Gasteiger partial charge in [-0.1, -0.05) is 49.2 Å². The lowest BCUT2D eigenvalue weighted by atomic mass is 10.1. The standard InChI is InChI=1S/C24H28Cl2N2O4/c1-15(2)12-27-24(30)16(3)28(13-18-6-7-19(25)11-20(18)26)23(29)9-5-17-4-8-21-22(10-17)32-14-31-21/h4,6-8,10-11,15-16H,5,9,12-14H2,1-3H3,(H,27,30)/t16-/m1/s1. The third-order valence-electron chi connectivity index (χ3n) is 5.27. The molecule has 1 heterocycles. The van der Waals surface area contributed by atoms with E-state index < -0.39 is 6.04 Å². The number of carbonyl (C=O) groups is 2. The first-order valence-corrected chi connectivity index (χ1v) is 11.4. The summed E-state index contributed by atoms with van der Waals surface area (Å²) in [4.78, 5) is 27.5. The van der Waals surface area contributed by atoms with Crippen LogP contribution in [-0.4, -0.2) is 36.1 Å². The molecule has 1 atom stereocenters. The molecule has 0 bridgehead atoms. The van der Waals surface area contributed by atoms with Gasteiger partial charge in [0.25, 0.3) is 0 Å². The maximum absolute atomic E-state index is 13.2. The summed E-state index contributed by atoms with van der Waals surface area (Å²) >= 11 is 12.4. The molecule has 0 fully saturated rings. The highest BCUT2D eigenvalue weighted by molar-refractivity contribution is 6.35. The molecule has 0 saturated carbocycles. The highest BCUT2D eigenvalue weighted by Crippen LogP contribution is 2.33. The Hall–Kier alpha value is -2.44. The molecule has 32 heavy (non-hydrogen) atoms. The molecular weight excluding hydrogens is 451 g/mol. The summed E-state index contributed by atoms with van der Waals surface area (Å²) in [6.07, 6.45) is 0.757. The Morgan fingerprint density at radius 1 is 1.06 bits per heavy atom. The largest absolute Gasteiger partial charge is 0.454 e. The fraction of sp³-hybridized carbons (Fsp3) is 0.417. The zero-order valence-corrected chi connectivity index (χ0v) is 20.0. The second-order valence-electron chi connectivity index (χ2n) is 8.26. The third-order valence-corrected chi connectivity index (χ3v) is 5.86. The summed E-state index contributed by atoms with van der Waals surface area (Å²) in [7, 11) is 0. The van der Waals surface area contributed by atoms with Crippen molar-refractivity contribution in [2.24, 2.45) is 5.92 Å². The van der Waals surface area contributed by atoms with Crippen LogP contribution in [0.15, 0.2) is 36.4 Å². The predicted molar refractivity (Wildman–Crippen MR) is 125 cm³/mol. The zero-order chi connectivity index (χ0) is 23.3. The summed E-state index contributed by atoms with van der Waals surface area (Å²) in [5.41, 5.74) is 1.69. The summed E-state index contributed by atoms with van der Waals surface area (Å²) in [5.74, 6) is 1.36. The van der Waals surface area contributed by atoms with Crippen LogP contribution in [0.3, 0.4) is 0 Å². The van der Waals surface area contributed by atoms with E-state index in [1.54, 1.807) is 30.0 Å². The van der Waals surface area contributed by atoms with Crippen molar-refractivity contribution in [2.75, 3.05) is 13.3 Å². The number of nitrogens with one attached hydrogen (secondary N) is 1. The van der Waals surface area contributed by atoms with Crippen molar-refractivity contribution in [1.82, 2.24) is 10.2 Å². The Bertz CT molecular complexity index is 980. The first kappa shape index (κ1) is 24.2. The smallest absolute Gasteiger partial charge is 0.242 e. The molecule has 0 saturated heterocycles. The van der Waals surface area contributed by atoms with Gasteiger partial charge in [-0.3, -0.25) is 9.59 Å². The number of nitrogens with zero attached hydrogens (tertiary/aromatic N) is 1. The van der Waals surface area contributed by atoms with Crippen LogP contribution >= 0.6 is 23.2 Å². The lowest BCUT2D eigenvalue weighted by Gasteiger charge is -2.29. The summed E-state index contributed by atoms with van der Waals surface area (Å²) in [6, 6.07) is 10.1. The molecule has 1 aliphatic heterocycles. The van der Waals surface area contributed by atoms with E-state index in [2.05, 4.69) is 5.32 Å². The van der Waals surface area contributed by atoms with Crippen LogP contribution in [0.25, 0.3) is 0 Å². The monoisotopic (exact) mass is 478 g/mol. The molecule has 0 unspecified atom stereocenters. The van der Waals surface area contributed by atoms with E-state index >= 15 is 0 Å². The fourth-order valence-electron chi connectivity index (χ4n) is 3.36. The van der Waals surface area contributed by atoms with Crippen LogP contribution in [-0.2, 0) is 22.6 Å². The minimum absolute atomic E-state index is 0.138. The molecule has 6 nitrogen and oxygen atoms in total. The number of fused-ring (bicyclic) bond motifs is 1. The van der Waals surface area contributed by atoms with Crippen molar-refractivity contribution in [3.05, 3.63) is 57.6 Å². The number of hydrogen-bond acceptors (Lipinski definition) is 4. The van der Waals surface area contributed by atoms with Gasteiger partial charge in [0.2, 0.25) is 18.6 Å². The quantitative estimate of drug-likeness (QED) is 0.559. The normalized spacial score (nSPS) is 13.2. The van der Waals surface area contributed by atoms with Gasteiger partial charge >= 0.3 is 0 Å². The molecule has 0 radical (unpaired) electrons. The van der Waals surface area contributed by atoms with Gasteiger partial charge in [0.05, 0.1) is 0 Å². The maximum Gasteiger partial charge on any atom is 0.242 e. The van der Waals surface area contributed by atoms with E-state index in [0.29, 0.717) is 40.4 Å². The highest BCUT2D eigenvalue weighted by atomic mass is 35.5. The number of halogens is 2. The van der Waals surface area contributed by atoms with E-state index in [4.69, 9.17) is 32.7 Å². The minimum atomic E-state index is -0.648. The van der Waals surface area contributed by atoms with Crippen molar-refractivity contribution < 1.29 is 19.1 Å². The minimum Gasteiger partial charge on any atom is -0.454 e. The number of ether oxygens (including phenoxy) is 2. The SMILES string of the molecule is CC(C)CNC(=O)[C@@H](C)N(Cc1ccc(Cl)cc1Cl)C(=O)CCc1ccc2c(c1)OCO2. The van der Waals surface area contributed by atoms with Gasteiger partial charge in [0, 0.05) is 29.6 Å². The van der Waals surface area contributed by atoms with E-state index in [0.717, 1.165) is 11.1 Å². The molecule has 0 spiro atoms. The van der Waals surface area contributed by atoms with Gasteiger partial charge in [0.1, 0.15) is 6.04 Å². The Labute approximate surface area is 198 Å². The van der Waals surface area contributed by atoms with E-state index in [1.165, 1.54) is 0 Å². The number of rotatable bonds is 9. The molecule has 2 amide bonds. The molecule has 8 heteroatoms. The average molecular weight is 479 g/mol. The molecule has 2 aromatic rings. The first-order valence-electron chi connectivity index (χ1n) is 10.6. The molecule has 2 aromatic carbocycles. The fourth-order valence-corrected chi connectivity index (χ4v) is 3.83. The highest BCUT2D eigenvalue weighted by Gasteiger charge is 2.27. The van der Waals surface area contributed by atoms with Crippen LogP contribution in [0.4, 0.5) is 0 Å². The first-order chi connectivity index (χ1) is 15.2. The van der Waals surface area contributed by atoms with Gasteiger partial charge in [0.15, 0.2) is 11.5 Å². The summed E-state index contributed by atoms with van der Waals surface area (Å²) < 4.78 is 10.8. The second-order valence-corrected chi connectivity index (χ2v) is 9.10. The molecule has 0 aromatic heterocycles. The molecular formula is C24H28Cl2N2O4. The third kappa shape index (κ3) is 6.30. The predicted octanol–water partition coefficient (Wildman–Crippen LogP) is 4.84. The van der Waals surface area contributed by atoms with Crippen LogP contribution in [0.1, 0.15) is 38.3 Å². The van der Waals surface area contributed by atoms with E-state index in [1.807, 2.05) is 32.0 Å². The molecule has 1 N–H and O–H groups in total. The van der Waals surface area contributed by atoms with Crippen LogP contribution in [0.5, 0.6) is 11.5 Å². The Morgan fingerprint density at radius 2 is 1.81 bits per heavy atom. The molecule has 3 rings (SSSR count). The topological polar surface area (TPSA) is 67.9 Å². The van der Waals surface area contributed by atoms with Gasteiger partial charge in [-0.05, 0) is 54.7 Å². The Morgan fingerprint density at radius 3 is 2.53 bits per heavy atom. The van der Waals surface area contributed by atoms with Crippen molar-refractivity contribution in [1.29, 1.82) is 0 Å². The Kier molecular flexibility index (Phi) is 8.26. The zero-order valence-electron chi connectivity index (χ0n) is 18.5. The van der Waals surface area contributed by atoms with Crippen LogP contribution in [0, 0.1) is 5.92 Å². The van der Waals surface area contributed by atoms with Gasteiger partial charge in [-0.2, -0.15) is 0 Å². The number of carbonyl (C=O) groups excluding carboxylic acids is 2. The van der Waals surface area contributed by atoms with E-state index in [-0.39, 0.29) is 31.6 Å². The number of amides is 2. The number of benzene rings is 2. The second kappa shape index (κ2) is 10.9. The van der Waals surface area contributed by atoms with Gasteiger partial charge < -0.3 is 19.7 Å².